The van der Waals surface area contributed by atoms with Crippen LogP contribution in [-0.2, 0) is 5.33 Å². The Hall–Kier alpha value is -0.400. The fourth-order valence-electron chi connectivity index (χ4n) is 0.857. The zero-order valence-corrected chi connectivity index (χ0v) is 9.11. The van der Waals surface area contributed by atoms with Crippen LogP contribution in [0, 0.1) is 17.1 Å². The summed E-state index contributed by atoms with van der Waals surface area (Å²) in [5, 5.41) is 9.07. The van der Waals surface area contributed by atoms with E-state index in [9.17, 15) is 4.39 Å². The Morgan fingerprint density at radius 3 is 2.67 bits per heavy atom. The van der Waals surface area contributed by atoms with Gasteiger partial charge in [0.2, 0.25) is 0 Å². The van der Waals surface area contributed by atoms with E-state index in [0.29, 0.717) is 15.4 Å². The van der Waals surface area contributed by atoms with E-state index < -0.39 is 5.82 Å². The van der Waals surface area contributed by atoms with Crippen LogP contribution < -0.4 is 0 Å². The maximum absolute atomic E-state index is 13.0. The summed E-state index contributed by atoms with van der Waals surface area (Å²) < 4.78 is 13.7. The second-order valence-corrected chi connectivity index (χ2v) is 3.64. The second-order valence-electron chi connectivity index (χ2n) is 2.17. The van der Waals surface area contributed by atoms with Crippen LogP contribution in [0.4, 0.5) is 4.39 Å². The van der Waals surface area contributed by atoms with E-state index in [0.717, 1.165) is 0 Å². The van der Waals surface area contributed by atoms with Gasteiger partial charge in [0.1, 0.15) is 11.9 Å². The SMILES string of the molecule is N#Cc1c(F)cc(Br)cc1CBr. The molecule has 0 saturated carbocycles. The van der Waals surface area contributed by atoms with Crippen molar-refractivity contribution in [2.75, 3.05) is 0 Å². The molecule has 0 heterocycles. The molecule has 1 rings (SSSR count). The lowest BCUT2D eigenvalue weighted by atomic mass is 10.1. The number of rotatable bonds is 1. The van der Waals surface area contributed by atoms with Crippen LogP contribution in [0.15, 0.2) is 16.6 Å². The van der Waals surface area contributed by atoms with E-state index in [1.165, 1.54) is 6.07 Å². The third-order valence-electron chi connectivity index (χ3n) is 1.39. The van der Waals surface area contributed by atoms with Gasteiger partial charge in [0.25, 0.3) is 0 Å². The Bertz CT molecular complexity index is 344. The first-order chi connectivity index (χ1) is 5.69. The zero-order valence-electron chi connectivity index (χ0n) is 5.94. The van der Waals surface area contributed by atoms with Crippen LogP contribution in [-0.4, -0.2) is 0 Å². The van der Waals surface area contributed by atoms with E-state index in [2.05, 4.69) is 31.9 Å². The van der Waals surface area contributed by atoms with Gasteiger partial charge in [-0.1, -0.05) is 31.9 Å². The van der Waals surface area contributed by atoms with Crippen molar-refractivity contribution in [1.29, 1.82) is 5.26 Å². The van der Waals surface area contributed by atoms with Crippen molar-refractivity contribution >= 4 is 31.9 Å². The minimum atomic E-state index is -0.485. The molecule has 62 valence electrons. The Labute approximate surface area is 86.5 Å². The standard InChI is InChI=1S/C8H4Br2FN/c9-3-5-1-6(10)2-8(11)7(5)4-12/h1-2H,3H2. The van der Waals surface area contributed by atoms with Crippen LogP contribution in [0.3, 0.4) is 0 Å². The van der Waals surface area contributed by atoms with Crippen molar-refractivity contribution in [2.24, 2.45) is 0 Å². The smallest absolute Gasteiger partial charge is 0.142 e. The number of alkyl halides is 1. The van der Waals surface area contributed by atoms with Gasteiger partial charge in [-0.3, -0.25) is 0 Å². The summed E-state index contributed by atoms with van der Waals surface area (Å²) in [6, 6.07) is 4.82. The third-order valence-corrected chi connectivity index (χ3v) is 2.45. The summed E-state index contributed by atoms with van der Waals surface area (Å²) in [7, 11) is 0. The van der Waals surface area contributed by atoms with Crippen LogP contribution >= 0.6 is 31.9 Å². The number of nitriles is 1. The van der Waals surface area contributed by atoms with Crippen LogP contribution in [0.2, 0.25) is 0 Å². The van der Waals surface area contributed by atoms with E-state index in [1.807, 2.05) is 6.07 Å². The van der Waals surface area contributed by atoms with Crippen LogP contribution in [0.25, 0.3) is 0 Å². The Balaban J connectivity index is 3.36. The molecule has 0 aliphatic rings. The highest BCUT2D eigenvalue weighted by molar-refractivity contribution is 9.10. The summed E-state index contributed by atoms with van der Waals surface area (Å²) in [6.45, 7) is 0. The predicted molar refractivity (Wildman–Crippen MR) is 51.4 cm³/mol. The topological polar surface area (TPSA) is 23.8 Å². The number of hydrogen-bond donors (Lipinski definition) is 0. The summed E-state index contributed by atoms with van der Waals surface area (Å²) in [5.41, 5.74) is 0.763. The highest BCUT2D eigenvalue weighted by Crippen LogP contribution is 2.21. The number of nitrogens with zero attached hydrogens (tertiary/aromatic N) is 1. The largest absolute Gasteiger partial charge is 0.205 e. The zero-order chi connectivity index (χ0) is 9.14. The van der Waals surface area contributed by atoms with Gasteiger partial charge in [0.05, 0.1) is 5.56 Å². The highest BCUT2D eigenvalue weighted by Gasteiger charge is 2.08. The maximum Gasteiger partial charge on any atom is 0.142 e. The molecule has 0 bridgehead atoms. The normalized spacial score (nSPS) is 9.50. The summed E-state index contributed by atoms with van der Waals surface area (Å²) in [6.07, 6.45) is 0. The summed E-state index contributed by atoms with van der Waals surface area (Å²) >= 11 is 6.33. The Kier molecular flexibility index (Phi) is 3.24. The average Bonchev–Trinajstić information content (AvgIpc) is 2.03. The molecule has 0 aliphatic heterocycles. The molecule has 12 heavy (non-hydrogen) atoms. The molecule has 0 aliphatic carbocycles. The fourth-order valence-corrected chi connectivity index (χ4v) is 1.78. The third kappa shape index (κ3) is 1.85. The van der Waals surface area contributed by atoms with Gasteiger partial charge < -0.3 is 0 Å². The molecule has 1 aromatic carbocycles. The Morgan fingerprint density at radius 2 is 2.17 bits per heavy atom. The molecule has 0 amide bonds. The van der Waals surface area contributed by atoms with Gasteiger partial charge in [-0.05, 0) is 17.7 Å². The highest BCUT2D eigenvalue weighted by atomic mass is 79.9. The second kappa shape index (κ2) is 4.01. The minimum absolute atomic E-state index is 0.107. The van der Waals surface area contributed by atoms with Crippen molar-refractivity contribution in [1.82, 2.24) is 0 Å². The number of hydrogen-bond acceptors (Lipinski definition) is 1. The number of benzene rings is 1. The molecule has 1 nitrogen and oxygen atoms in total. The van der Waals surface area contributed by atoms with Crippen LogP contribution in [0.5, 0.6) is 0 Å². The fraction of sp³-hybridized carbons (Fsp3) is 0.125. The first-order valence-corrected chi connectivity index (χ1v) is 5.04. The predicted octanol–water partition coefficient (Wildman–Crippen LogP) is 3.35. The molecular formula is C8H4Br2FN. The Morgan fingerprint density at radius 1 is 1.50 bits per heavy atom. The molecule has 0 fully saturated rings. The molecule has 0 unspecified atom stereocenters. The average molecular weight is 293 g/mol. The minimum Gasteiger partial charge on any atom is -0.205 e. The van der Waals surface area contributed by atoms with Gasteiger partial charge in [-0.2, -0.15) is 5.26 Å². The lowest BCUT2D eigenvalue weighted by Crippen LogP contribution is -1.91. The van der Waals surface area contributed by atoms with Crippen molar-refractivity contribution in [3.8, 4) is 6.07 Å². The molecule has 0 saturated heterocycles. The van der Waals surface area contributed by atoms with Crippen molar-refractivity contribution in [3.05, 3.63) is 33.5 Å². The van der Waals surface area contributed by atoms with E-state index >= 15 is 0 Å². The quantitative estimate of drug-likeness (QED) is 0.728. The monoisotopic (exact) mass is 291 g/mol. The molecule has 1 aromatic rings. The first kappa shape index (κ1) is 9.69. The molecular weight excluding hydrogens is 289 g/mol. The van der Waals surface area contributed by atoms with Gasteiger partial charge in [0.15, 0.2) is 0 Å². The lowest BCUT2D eigenvalue weighted by Gasteiger charge is -2.01. The van der Waals surface area contributed by atoms with E-state index in [1.54, 1.807) is 6.07 Å². The molecule has 0 atom stereocenters. The van der Waals surface area contributed by atoms with Gasteiger partial charge in [-0.15, -0.1) is 0 Å². The molecule has 0 N–H and O–H groups in total. The number of halogens is 3. The first-order valence-electron chi connectivity index (χ1n) is 3.13. The van der Waals surface area contributed by atoms with Crippen molar-refractivity contribution in [2.45, 2.75) is 5.33 Å². The van der Waals surface area contributed by atoms with Gasteiger partial charge in [-0.25, -0.2) is 4.39 Å². The van der Waals surface area contributed by atoms with Crippen molar-refractivity contribution < 1.29 is 4.39 Å². The molecule has 0 aromatic heterocycles. The lowest BCUT2D eigenvalue weighted by molar-refractivity contribution is 0.621. The molecule has 0 radical (unpaired) electrons. The maximum atomic E-state index is 13.0. The molecule has 0 spiro atoms. The summed E-state index contributed by atoms with van der Waals surface area (Å²) in [4.78, 5) is 0. The summed E-state index contributed by atoms with van der Waals surface area (Å²) in [5.74, 6) is -0.485. The molecule has 4 heteroatoms. The van der Waals surface area contributed by atoms with Gasteiger partial charge >= 0.3 is 0 Å². The van der Waals surface area contributed by atoms with E-state index in [4.69, 9.17) is 5.26 Å². The van der Waals surface area contributed by atoms with Gasteiger partial charge in [0, 0.05) is 9.80 Å². The van der Waals surface area contributed by atoms with Crippen LogP contribution in [0.1, 0.15) is 11.1 Å². The van der Waals surface area contributed by atoms with E-state index in [-0.39, 0.29) is 5.56 Å². The van der Waals surface area contributed by atoms with Crippen molar-refractivity contribution in [3.63, 3.8) is 0 Å².